The number of alkyl halides is 3. The molecule has 1 aliphatic rings. The van der Waals surface area contributed by atoms with Crippen LogP contribution in [0.2, 0.25) is 0 Å². The second-order valence-electron chi connectivity index (χ2n) is 8.27. The van der Waals surface area contributed by atoms with Crippen molar-refractivity contribution in [1.82, 2.24) is 4.90 Å². The zero-order chi connectivity index (χ0) is 25.2. The Bertz CT molecular complexity index is 747. The number of rotatable bonds is 9. The van der Waals surface area contributed by atoms with Gasteiger partial charge in [-0.3, -0.25) is 0 Å². The molecule has 0 aliphatic heterocycles. The lowest BCUT2D eigenvalue weighted by Gasteiger charge is -2.42. The van der Waals surface area contributed by atoms with Crippen LogP contribution < -0.4 is 4.74 Å². The molecule has 2 rings (SSSR count). The molecule has 0 heterocycles. The predicted molar refractivity (Wildman–Crippen MR) is 127 cm³/mol. The largest absolute Gasteiger partial charge is 0.496 e. The number of aliphatic hydroxyl groups is 1. The van der Waals surface area contributed by atoms with Gasteiger partial charge in [-0.05, 0) is 57.6 Å². The van der Waals surface area contributed by atoms with Crippen molar-refractivity contribution >= 4 is 12.0 Å². The van der Waals surface area contributed by atoms with Gasteiger partial charge in [0.25, 0.3) is 0 Å². The van der Waals surface area contributed by atoms with Crippen LogP contribution in [-0.4, -0.2) is 55.9 Å². The predicted octanol–water partition coefficient (Wildman–Crippen LogP) is 6.38. The normalized spacial score (nSPS) is 20.7. The van der Waals surface area contributed by atoms with Gasteiger partial charge in [-0.15, -0.1) is 0 Å². The van der Waals surface area contributed by atoms with E-state index in [9.17, 15) is 18.3 Å². The number of ether oxygens (including phenoxy) is 2. The van der Waals surface area contributed by atoms with E-state index in [1.807, 2.05) is 39.6 Å². The fourth-order valence-corrected chi connectivity index (χ4v) is 4.06. The van der Waals surface area contributed by atoms with Gasteiger partial charge in [-0.2, -0.15) is 13.2 Å². The maximum absolute atomic E-state index is 14.3. The van der Waals surface area contributed by atoms with Gasteiger partial charge >= 0.3 is 6.18 Å². The third-order valence-corrected chi connectivity index (χ3v) is 6.08. The number of nitrogens with zero attached hydrogens (tertiary/aromatic N) is 2. The number of hydrogen-bond acceptors (Lipinski definition) is 4. The number of benzene rings is 1. The Hall–Kier alpha value is -1.80. The molecule has 0 radical (unpaired) electrons. The van der Waals surface area contributed by atoms with Crippen molar-refractivity contribution in [3.8, 4) is 5.75 Å². The van der Waals surface area contributed by atoms with E-state index in [1.54, 1.807) is 13.3 Å². The average Bonchev–Trinajstić information content (AvgIpc) is 2.81. The topological polar surface area (TPSA) is 54.3 Å². The van der Waals surface area contributed by atoms with Crippen LogP contribution in [0.4, 0.5) is 18.9 Å². The summed E-state index contributed by atoms with van der Waals surface area (Å²) in [4.78, 5) is 6.22. The van der Waals surface area contributed by atoms with Gasteiger partial charge in [-0.1, -0.05) is 20.8 Å². The van der Waals surface area contributed by atoms with Crippen molar-refractivity contribution in [2.75, 3.05) is 27.3 Å². The highest BCUT2D eigenvalue weighted by molar-refractivity contribution is 5.65. The molecule has 1 aliphatic carbocycles. The molecule has 0 amide bonds. The number of aliphatic imine (C=N–C) groups is 1. The van der Waals surface area contributed by atoms with E-state index >= 15 is 0 Å². The first-order valence-electron chi connectivity index (χ1n) is 11.9. The lowest BCUT2D eigenvalue weighted by molar-refractivity contribution is -0.292. The summed E-state index contributed by atoms with van der Waals surface area (Å²) in [5, 5.41) is 11.2. The SMILES string of the molecule is CC.CCCOC1CCC(C(O)(c2cc(C)c(N=CN(C)CC)cc2OC)C(F)(F)F)CC1. The third kappa shape index (κ3) is 7.09. The Kier molecular flexibility index (Phi) is 11.7. The molecule has 8 heteroatoms. The van der Waals surface area contributed by atoms with Gasteiger partial charge in [0.1, 0.15) is 5.75 Å². The Morgan fingerprint density at radius 2 is 1.76 bits per heavy atom. The fraction of sp³-hybridized carbons (Fsp3) is 0.720. The van der Waals surface area contributed by atoms with E-state index in [1.165, 1.54) is 19.2 Å². The summed E-state index contributed by atoms with van der Waals surface area (Å²) in [5.41, 5.74) is -2.21. The molecule has 0 spiro atoms. The molecule has 1 fully saturated rings. The van der Waals surface area contributed by atoms with Crippen LogP contribution in [-0.2, 0) is 10.3 Å². The fourth-order valence-electron chi connectivity index (χ4n) is 4.06. The molecule has 0 aromatic heterocycles. The van der Waals surface area contributed by atoms with Crippen molar-refractivity contribution in [3.63, 3.8) is 0 Å². The quantitative estimate of drug-likeness (QED) is 0.333. The highest BCUT2D eigenvalue weighted by Gasteiger charge is 2.61. The molecule has 1 unspecified atom stereocenters. The summed E-state index contributed by atoms with van der Waals surface area (Å²) in [6.45, 7) is 11.0. The standard InChI is InChI=1S/C23H35F3N2O3.C2H6/c1-6-12-31-18-10-8-17(9-11-18)22(29,23(24,25)26)19-13-16(3)20(14-21(19)30-5)27-15-28(4)7-2;1-2/h13-15,17-18,29H,6-12H2,1-5H3;1-2H3. The molecule has 0 saturated heterocycles. The number of halogens is 3. The minimum Gasteiger partial charge on any atom is -0.496 e. The second kappa shape index (κ2) is 13.2. The highest BCUT2D eigenvalue weighted by Crippen LogP contribution is 2.52. The second-order valence-corrected chi connectivity index (χ2v) is 8.27. The zero-order valence-electron chi connectivity index (χ0n) is 21.1. The molecule has 5 nitrogen and oxygen atoms in total. The molecule has 1 aromatic rings. The van der Waals surface area contributed by atoms with E-state index in [2.05, 4.69) is 4.99 Å². The van der Waals surface area contributed by atoms with Crippen molar-refractivity contribution < 1.29 is 27.8 Å². The number of hydrogen-bond donors (Lipinski definition) is 1. The summed E-state index contributed by atoms with van der Waals surface area (Å²) in [7, 11) is 3.17. The highest BCUT2D eigenvalue weighted by atomic mass is 19.4. The summed E-state index contributed by atoms with van der Waals surface area (Å²) in [5.74, 6) is -0.982. The van der Waals surface area contributed by atoms with Gasteiger partial charge in [-0.25, -0.2) is 4.99 Å². The van der Waals surface area contributed by atoms with E-state index in [0.29, 0.717) is 30.7 Å². The summed E-state index contributed by atoms with van der Waals surface area (Å²) >= 11 is 0. The van der Waals surface area contributed by atoms with Crippen LogP contribution in [0.25, 0.3) is 0 Å². The van der Waals surface area contributed by atoms with Crippen LogP contribution in [0.15, 0.2) is 17.1 Å². The first-order chi connectivity index (χ1) is 15.6. The van der Waals surface area contributed by atoms with Gasteiger partial charge in [0, 0.05) is 37.7 Å². The monoisotopic (exact) mass is 474 g/mol. The molecule has 0 bridgehead atoms. The molecular formula is C25H41F3N2O3. The van der Waals surface area contributed by atoms with Crippen LogP contribution in [0.5, 0.6) is 5.75 Å². The van der Waals surface area contributed by atoms with Crippen molar-refractivity contribution in [1.29, 1.82) is 0 Å². The Morgan fingerprint density at radius 1 is 1.15 bits per heavy atom. The smallest absolute Gasteiger partial charge is 0.421 e. The van der Waals surface area contributed by atoms with Gasteiger partial charge in [0.05, 0.1) is 25.2 Å². The van der Waals surface area contributed by atoms with Gasteiger partial charge in [0.2, 0.25) is 0 Å². The maximum Gasteiger partial charge on any atom is 0.421 e. The summed E-state index contributed by atoms with van der Waals surface area (Å²) in [6.07, 6.45) is -0.958. The lowest BCUT2D eigenvalue weighted by atomic mass is 9.71. The molecule has 1 aromatic carbocycles. The first-order valence-corrected chi connectivity index (χ1v) is 11.9. The van der Waals surface area contributed by atoms with Crippen molar-refractivity contribution in [2.24, 2.45) is 10.9 Å². The number of methoxy groups -OCH3 is 1. The summed E-state index contributed by atoms with van der Waals surface area (Å²) in [6, 6.07) is 2.84. The summed E-state index contributed by atoms with van der Waals surface area (Å²) < 4.78 is 54.1. The van der Waals surface area contributed by atoms with Crippen molar-refractivity contribution in [3.05, 3.63) is 23.3 Å². The third-order valence-electron chi connectivity index (χ3n) is 6.08. The van der Waals surface area contributed by atoms with Crippen LogP contribution >= 0.6 is 0 Å². The minimum atomic E-state index is -4.85. The van der Waals surface area contributed by atoms with E-state index < -0.39 is 17.7 Å². The molecule has 1 N–H and O–H groups in total. The number of aryl methyl sites for hydroxylation is 1. The van der Waals surface area contributed by atoms with E-state index in [4.69, 9.17) is 9.47 Å². The molecule has 33 heavy (non-hydrogen) atoms. The van der Waals surface area contributed by atoms with Crippen LogP contribution in [0.3, 0.4) is 0 Å². The molecule has 1 atom stereocenters. The van der Waals surface area contributed by atoms with E-state index in [0.717, 1.165) is 13.0 Å². The van der Waals surface area contributed by atoms with E-state index in [-0.39, 0.29) is 30.3 Å². The average molecular weight is 475 g/mol. The van der Waals surface area contributed by atoms with Gasteiger partial charge in [0.15, 0.2) is 5.60 Å². The lowest BCUT2D eigenvalue weighted by Crippen LogP contribution is -2.50. The van der Waals surface area contributed by atoms with Crippen LogP contribution in [0, 0.1) is 12.8 Å². The Balaban J connectivity index is 0.00000265. The molecular weight excluding hydrogens is 433 g/mol. The Labute approximate surface area is 197 Å². The first kappa shape index (κ1) is 29.2. The molecule has 190 valence electrons. The van der Waals surface area contributed by atoms with Gasteiger partial charge < -0.3 is 19.5 Å². The molecule has 1 saturated carbocycles. The maximum atomic E-state index is 14.3. The minimum absolute atomic E-state index is 0.0129. The Morgan fingerprint density at radius 3 is 2.24 bits per heavy atom. The van der Waals surface area contributed by atoms with Crippen LogP contribution in [0.1, 0.15) is 70.9 Å². The zero-order valence-corrected chi connectivity index (χ0v) is 21.1. The van der Waals surface area contributed by atoms with Crippen molar-refractivity contribution in [2.45, 2.75) is 84.6 Å².